The average Bonchev–Trinajstić information content (AvgIpc) is 2.64. The number of carbonyl (C=O) groups excluding carboxylic acids is 2. The van der Waals surface area contributed by atoms with Gasteiger partial charge in [-0.15, -0.1) is 0 Å². The van der Waals surface area contributed by atoms with Crippen LogP contribution in [-0.2, 0) is 9.53 Å². The summed E-state index contributed by atoms with van der Waals surface area (Å²) in [6, 6.07) is 10.8. The van der Waals surface area contributed by atoms with Gasteiger partial charge in [-0.3, -0.25) is 9.59 Å². The zero-order valence-corrected chi connectivity index (χ0v) is 16.2. The van der Waals surface area contributed by atoms with Crippen LogP contribution in [0.2, 0.25) is 0 Å². The minimum atomic E-state index is -0.328. The molecule has 2 aromatic carbocycles. The number of ether oxygens (including phenoxy) is 2. The average molecular weight is 370 g/mol. The van der Waals surface area contributed by atoms with E-state index in [4.69, 9.17) is 9.47 Å². The number of carbonyl (C=O) groups is 2. The summed E-state index contributed by atoms with van der Waals surface area (Å²) in [5, 5.41) is 5.49. The summed E-state index contributed by atoms with van der Waals surface area (Å²) < 4.78 is 10.6. The van der Waals surface area contributed by atoms with Gasteiger partial charge < -0.3 is 20.1 Å². The normalized spacial score (nSPS) is 10.4. The molecular formula is C21H26N2O4. The van der Waals surface area contributed by atoms with E-state index in [-0.39, 0.29) is 18.4 Å². The van der Waals surface area contributed by atoms with E-state index < -0.39 is 0 Å². The number of amides is 2. The fourth-order valence-electron chi connectivity index (χ4n) is 2.63. The molecule has 0 fully saturated rings. The Balaban J connectivity index is 2.01. The highest BCUT2D eigenvalue weighted by molar-refractivity contribution is 6.04. The van der Waals surface area contributed by atoms with Gasteiger partial charge in [0, 0.05) is 13.7 Å². The molecule has 0 saturated heterocycles. The Morgan fingerprint density at radius 2 is 1.81 bits per heavy atom. The van der Waals surface area contributed by atoms with Crippen LogP contribution in [0.15, 0.2) is 36.4 Å². The van der Waals surface area contributed by atoms with Crippen molar-refractivity contribution in [2.75, 3.05) is 32.2 Å². The number of aryl methyl sites for hydroxylation is 2. The van der Waals surface area contributed by atoms with Crippen LogP contribution in [0.4, 0.5) is 5.69 Å². The lowest BCUT2D eigenvalue weighted by molar-refractivity contribution is -0.118. The van der Waals surface area contributed by atoms with E-state index in [9.17, 15) is 9.59 Å². The molecule has 27 heavy (non-hydrogen) atoms. The van der Waals surface area contributed by atoms with E-state index in [1.54, 1.807) is 31.4 Å². The molecule has 0 spiro atoms. The molecule has 0 aromatic heterocycles. The smallest absolute Gasteiger partial charge is 0.262 e. The van der Waals surface area contributed by atoms with Crippen LogP contribution in [0.3, 0.4) is 0 Å². The number of methoxy groups -OCH3 is 1. The van der Waals surface area contributed by atoms with Crippen molar-refractivity contribution in [3.63, 3.8) is 0 Å². The zero-order valence-electron chi connectivity index (χ0n) is 16.2. The fourth-order valence-corrected chi connectivity index (χ4v) is 2.63. The van der Waals surface area contributed by atoms with Crippen LogP contribution in [0, 0.1) is 20.8 Å². The fraction of sp³-hybridized carbons (Fsp3) is 0.333. The largest absolute Gasteiger partial charge is 0.483 e. The molecule has 0 saturated carbocycles. The first-order valence-corrected chi connectivity index (χ1v) is 8.79. The van der Waals surface area contributed by atoms with Gasteiger partial charge in [-0.25, -0.2) is 0 Å². The molecular weight excluding hydrogens is 344 g/mol. The second-order valence-electron chi connectivity index (χ2n) is 6.34. The highest BCUT2D eigenvalue weighted by Crippen LogP contribution is 2.23. The maximum atomic E-state index is 12.3. The van der Waals surface area contributed by atoms with Crippen molar-refractivity contribution in [1.29, 1.82) is 0 Å². The summed E-state index contributed by atoms with van der Waals surface area (Å²) >= 11 is 0. The highest BCUT2D eigenvalue weighted by Gasteiger charge is 2.13. The lowest BCUT2D eigenvalue weighted by Gasteiger charge is -2.14. The molecule has 2 N–H and O–H groups in total. The summed E-state index contributed by atoms with van der Waals surface area (Å²) in [6.07, 6.45) is 0. The Labute approximate surface area is 159 Å². The molecule has 6 nitrogen and oxygen atoms in total. The predicted molar refractivity (Wildman–Crippen MR) is 105 cm³/mol. The first-order chi connectivity index (χ1) is 12.9. The van der Waals surface area contributed by atoms with Crippen molar-refractivity contribution >= 4 is 17.5 Å². The summed E-state index contributed by atoms with van der Waals surface area (Å²) in [5.41, 5.74) is 4.03. The van der Waals surface area contributed by atoms with Crippen molar-refractivity contribution in [2.45, 2.75) is 20.8 Å². The quantitative estimate of drug-likeness (QED) is 0.701. The van der Waals surface area contributed by atoms with Crippen LogP contribution < -0.4 is 15.4 Å². The topological polar surface area (TPSA) is 76.7 Å². The molecule has 0 aliphatic carbocycles. The van der Waals surface area contributed by atoms with Crippen LogP contribution in [0.5, 0.6) is 5.75 Å². The minimum Gasteiger partial charge on any atom is -0.483 e. The second kappa shape index (κ2) is 9.73. The van der Waals surface area contributed by atoms with Crippen molar-refractivity contribution in [2.24, 2.45) is 0 Å². The van der Waals surface area contributed by atoms with Gasteiger partial charge in [-0.1, -0.05) is 18.2 Å². The number of nitrogens with one attached hydrogen (secondary N) is 2. The summed E-state index contributed by atoms with van der Waals surface area (Å²) in [4.78, 5) is 24.6. The third-order valence-corrected chi connectivity index (χ3v) is 4.16. The van der Waals surface area contributed by atoms with Crippen LogP contribution in [0.1, 0.15) is 27.0 Å². The third kappa shape index (κ3) is 5.82. The molecule has 144 valence electrons. The van der Waals surface area contributed by atoms with Gasteiger partial charge in [0.2, 0.25) is 0 Å². The first-order valence-electron chi connectivity index (χ1n) is 8.79. The van der Waals surface area contributed by atoms with Gasteiger partial charge in [0.05, 0.1) is 17.9 Å². The number of hydrogen-bond donors (Lipinski definition) is 2. The van der Waals surface area contributed by atoms with Gasteiger partial charge in [-0.05, 0) is 55.7 Å². The Bertz CT molecular complexity index is 818. The van der Waals surface area contributed by atoms with E-state index in [2.05, 4.69) is 16.7 Å². The van der Waals surface area contributed by atoms with Gasteiger partial charge >= 0.3 is 0 Å². The minimum absolute atomic E-state index is 0.136. The van der Waals surface area contributed by atoms with Gasteiger partial charge in [-0.2, -0.15) is 0 Å². The Morgan fingerprint density at radius 1 is 1.07 bits per heavy atom. The maximum Gasteiger partial charge on any atom is 0.262 e. The predicted octanol–water partition coefficient (Wildman–Crippen LogP) is 3.01. The van der Waals surface area contributed by atoms with Crippen LogP contribution >= 0.6 is 0 Å². The Kier molecular flexibility index (Phi) is 7.37. The standard InChI is InChI=1S/C21H26N2O4/c1-14-11-15(2)16(3)19(12-14)27-13-20(24)23-18-8-6-5-7-17(18)21(25)22-9-10-26-4/h5-8,11-12H,9-10,13H2,1-4H3,(H,22,25)(H,23,24). The summed E-state index contributed by atoms with van der Waals surface area (Å²) in [7, 11) is 1.57. The Hall–Kier alpha value is -2.86. The van der Waals surface area contributed by atoms with Crippen molar-refractivity contribution in [3.05, 3.63) is 58.7 Å². The highest BCUT2D eigenvalue weighted by atomic mass is 16.5. The molecule has 2 aromatic rings. The van der Waals surface area contributed by atoms with E-state index in [0.29, 0.717) is 30.2 Å². The van der Waals surface area contributed by atoms with Gasteiger partial charge in [0.1, 0.15) is 5.75 Å². The lowest BCUT2D eigenvalue weighted by Crippen LogP contribution is -2.29. The van der Waals surface area contributed by atoms with E-state index in [0.717, 1.165) is 16.7 Å². The molecule has 0 radical (unpaired) electrons. The van der Waals surface area contributed by atoms with Crippen molar-refractivity contribution < 1.29 is 19.1 Å². The molecule has 0 aliphatic rings. The molecule has 2 amide bonds. The molecule has 0 unspecified atom stereocenters. The van der Waals surface area contributed by atoms with Crippen LogP contribution in [-0.4, -0.2) is 38.7 Å². The Morgan fingerprint density at radius 3 is 2.56 bits per heavy atom. The maximum absolute atomic E-state index is 12.3. The van der Waals surface area contributed by atoms with Gasteiger partial charge in [0.25, 0.3) is 11.8 Å². The van der Waals surface area contributed by atoms with E-state index in [1.807, 2.05) is 26.8 Å². The number of anilines is 1. The second-order valence-corrected chi connectivity index (χ2v) is 6.34. The summed E-state index contributed by atoms with van der Waals surface area (Å²) in [6.45, 7) is 6.63. The van der Waals surface area contributed by atoms with Gasteiger partial charge in [0.15, 0.2) is 6.61 Å². The van der Waals surface area contributed by atoms with Crippen molar-refractivity contribution in [3.8, 4) is 5.75 Å². The summed E-state index contributed by atoms with van der Waals surface area (Å²) in [5.74, 6) is 0.0907. The lowest BCUT2D eigenvalue weighted by atomic mass is 10.1. The van der Waals surface area contributed by atoms with E-state index >= 15 is 0 Å². The molecule has 0 aliphatic heterocycles. The van der Waals surface area contributed by atoms with E-state index in [1.165, 1.54) is 0 Å². The SMILES string of the molecule is COCCNC(=O)c1ccccc1NC(=O)COc1cc(C)cc(C)c1C. The monoisotopic (exact) mass is 370 g/mol. The molecule has 0 atom stereocenters. The number of hydrogen-bond acceptors (Lipinski definition) is 4. The third-order valence-electron chi connectivity index (χ3n) is 4.16. The molecule has 6 heteroatoms. The molecule has 0 bridgehead atoms. The zero-order chi connectivity index (χ0) is 19.8. The number of benzene rings is 2. The first kappa shape index (κ1) is 20.5. The number of para-hydroxylation sites is 1. The number of rotatable bonds is 8. The molecule has 0 heterocycles. The molecule has 2 rings (SSSR count). The van der Waals surface area contributed by atoms with Crippen molar-refractivity contribution in [1.82, 2.24) is 5.32 Å². The van der Waals surface area contributed by atoms with Crippen LogP contribution in [0.25, 0.3) is 0 Å².